The molecule has 126 valence electrons. The molecule has 0 saturated carbocycles. The third-order valence-electron chi connectivity index (χ3n) is 3.56. The molecule has 4 nitrogen and oxygen atoms in total. The number of ether oxygens (including phenoxy) is 2. The maximum atomic E-state index is 11.2. The van der Waals surface area contributed by atoms with E-state index in [0.717, 1.165) is 22.2 Å². The molecule has 2 aromatic carbocycles. The molecule has 0 amide bonds. The van der Waals surface area contributed by atoms with Crippen molar-refractivity contribution in [2.45, 2.75) is 6.92 Å². The third-order valence-corrected chi connectivity index (χ3v) is 3.84. The zero-order chi connectivity index (χ0) is 17.8. The minimum Gasteiger partial charge on any atom is -0.493 e. The highest BCUT2D eigenvalue weighted by Crippen LogP contribution is 2.37. The number of fused-ring (bicyclic) bond motifs is 1. The quantitative estimate of drug-likeness (QED) is 0.489. The SMILES string of the molecule is COc1cc(/C=C/c2ccc3ccccc3n2)cc(Cl)c1OC(C)=O. The highest BCUT2D eigenvalue weighted by Gasteiger charge is 2.13. The van der Waals surface area contributed by atoms with Crippen LogP contribution >= 0.6 is 11.6 Å². The van der Waals surface area contributed by atoms with Gasteiger partial charge in [0, 0.05) is 12.3 Å². The summed E-state index contributed by atoms with van der Waals surface area (Å²) in [6, 6.07) is 15.4. The Morgan fingerprint density at radius 3 is 2.68 bits per heavy atom. The molecule has 3 rings (SSSR count). The van der Waals surface area contributed by atoms with E-state index in [1.165, 1.54) is 14.0 Å². The van der Waals surface area contributed by atoms with Crippen LogP contribution in [0.2, 0.25) is 5.02 Å². The third kappa shape index (κ3) is 3.98. The van der Waals surface area contributed by atoms with Gasteiger partial charge in [-0.1, -0.05) is 41.9 Å². The first-order valence-electron chi connectivity index (χ1n) is 7.66. The molecule has 0 bridgehead atoms. The van der Waals surface area contributed by atoms with Crippen molar-refractivity contribution >= 4 is 40.6 Å². The average Bonchev–Trinajstić information content (AvgIpc) is 2.61. The molecule has 0 aliphatic carbocycles. The van der Waals surface area contributed by atoms with Gasteiger partial charge >= 0.3 is 5.97 Å². The summed E-state index contributed by atoms with van der Waals surface area (Å²) in [6.07, 6.45) is 3.77. The lowest BCUT2D eigenvalue weighted by Gasteiger charge is -2.10. The molecule has 0 spiro atoms. The van der Waals surface area contributed by atoms with Crippen molar-refractivity contribution in [1.82, 2.24) is 4.98 Å². The van der Waals surface area contributed by atoms with Crippen molar-refractivity contribution in [3.8, 4) is 11.5 Å². The van der Waals surface area contributed by atoms with Gasteiger partial charge in [0.2, 0.25) is 0 Å². The molecule has 1 aromatic heterocycles. The first-order valence-corrected chi connectivity index (χ1v) is 8.04. The summed E-state index contributed by atoms with van der Waals surface area (Å²) in [6.45, 7) is 1.31. The van der Waals surface area contributed by atoms with Gasteiger partial charge in [0.25, 0.3) is 0 Å². The maximum Gasteiger partial charge on any atom is 0.308 e. The summed E-state index contributed by atoms with van der Waals surface area (Å²) in [5.74, 6) is 0.162. The van der Waals surface area contributed by atoms with E-state index in [-0.39, 0.29) is 5.75 Å². The summed E-state index contributed by atoms with van der Waals surface area (Å²) in [5, 5.41) is 1.40. The Kier molecular flexibility index (Phi) is 5.00. The molecule has 3 aromatic rings. The van der Waals surface area contributed by atoms with E-state index in [0.29, 0.717) is 10.8 Å². The van der Waals surface area contributed by atoms with Crippen molar-refractivity contribution in [2.75, 3.05) is 7.11 Å². The van der Waals surface area contributed by atoms with Crippen LogP contribution in [0.3, 0.4) is 0 Å². The van der Waals surface area contributed by atoms with Gasteiger partial charge < -0.3 is 9.47 Å². The number of hydrogen-bond donors (Lipinski definition) is 0. The molecule has 0 N–H and O–H groups in total. The van der Waals surface area contributed by atoms with Gasteiger partial charge in [-0.05, 0) is 35.9 Å². The fourth-order valence-electron chi connectivity index (χ4n) is 2.44. The summed E-state index contributed by atoms with van der Waals surface area (Å²) < 4.78 is 10.4. The van der Waals surface area contributed by atoms with Crippen molar-refractivity contribution in [3.63, 3.8) is 0 Å². The Morgan fingerprint density at radius 1 is 1.12 bits per heavy atom. The monoisotopic (exact) mass is 353 g/mol. The van der Waals surface area contributed by atoms with E-state index < -0.39 is 5.97 Å². The smallest absolute Gasteiger partial charge is 0.308 e. The van der Waals surface area contributed by atoms with Crippen LogP contribution in [-0.4, -0.2) is 18.1 Å². The zero-order valence-electron chi connectivity index (χ0n) is 13.8. The van der Waals surface area contributed by atoms with Crippen LogP contribution in [0.4, 0.5) is 0 Å². The average molecular weight is 354 g/mol. The lowest BCUT2D eigenvalue weighted by molar-refractivity contribution is -0.132. The standard InChI is InChI=1S/C20H16ClNO3/c1-13(23)25-20-17(21)11-14(12-19(20)24-2)7-9-16-10-8-15-5-3-4-6-18(15)22-16/h3-12H,1-2H3/b9-7+. The fourth-order valence-corrected chi connectivity index (χ4v) is 2.69. The van der Waals surface area contributed by atoms with Crippen LogP contribution in [0.1, 0.15) is 18.2 Å². The summed E-state index contributed by atoms with van der Waals surface area (Å²) in [4.78, 5) is 15.8. The van der Waals surface area contributed by atoms with Gasteiger partial charge in [-0.15, -0.1) is 0 Å². The minimum atomic E-state index is -0.455. The van der Waals surface area contributed by atoms with Crippen molar-refractivity contribution in [2.24, 2.45) is 0 Å². The summed E-state index contributed by atoms with van der Waals surface area (Å²) in [5.41, 5.74) is 2.58. The van der Waals surface area contributed by atoms with Gasteiger partial charge in [-0.25, -0.2) is 4.98 Å². The predicted octanol–water partition coefficient (Wildman–Crippen LogP) is 4.99. The Hall–Kier alpha value is -2.85. The highest BCUT2D eigenvalue weighted by molar-refractivity contribution is 6.32. The van der Waals surface area contributed by atoms with E-state index in [1.807, 2.05) is 48.6 Å². The highest BCUT2D eigenvalue weighted by atomic mass is 35.5. The van der Waals surface area contributed by atoms with Gasteiger partial charge in [-0.2, -0.15) is 0 Å². The van der Waals surface area contributed by atoms with Crippen LogP contribution in [0.5, 0.6) is 11.5 Å². The number of benzene rings is 2. The van der Waals surface area contributed by atoms with Crippen molar-refractivity contribution < 1.29 is 14.3 Å². The van der Waals surface area contributed by atoms with Gasteiger partial charge in [0.15, 0.2) is 11.5 Å². The van der Waals surface area contributed by atoms with Crippen molar-refractivity contribution in [3.05, 3.63) is 64.8 Å². The topological polar surface area (TPSA) is 48.4 Å². The number of pyridine rings is 1. The number of hydrogen-bond acceptors (Lipinski definition) is 4. The Balaban J connectivity index is 1.91. The van der Waals surface area contributed by atoms with Gasteiger partial charge in [0.05, 0.1) is 23.3 Å². The fraction of sp³-hybridized carbons (Fsp3) is 0.100. The number of rotatable bonds is 4. The van der Waals surface area contributed by atoms with Gasteiger partial charge in [0.1, 0.15) is 0 Å². The van der Waals surface area contributed by atoms with Crippen LogP contribution in [0, 0.1) is 0 Å². The molecular weight excluding hydrogens is 338 g/mol. The number of nitrogens with zero attached hydrogens (tertiary/aromatic N) is 1. The molecule has 0 saturated heterocycles. The van der Waals surface area contributed by atoms with E-state index in [4.69, 9.17) is 21.1 Å². The molecule has 0 aliphatic heterocycles. The van der Waals surface area contributed by atoms with Crippen molar-refractivity contribution in [1.29, 1.82) is 0 Å². The van der Waals surface area contributed by atoms with E-state index in [9.17, 15) is 4.79 Å². The Morgan fingerprint density at radius 2 is 1.92 bits per heavy atom. The molecule has 0 atom stereocenters. The number of aromatic nitrogens is 1. The Bertz CT molecular complexity index is 966. The zero-order valence-corrected chi connectivity index (χ0v) is 14.6. The molecule has 0 fully saturated rings. The number of carbonyl (C=O) groups excluding carboxylic acids is 1. The second-order valence-electron chi connectivity index (χ2n) is 5.39. The summed E-state index contributed by atoms with van der Waals surface area (Å²) in [7, 11) is 1.50. The van der Waals surface area contributed by atoms with E-state index >= 15 is 0 Å². The van der Waals surface area contributed by atoms with E-state index in [2.05, 4.69) is 4.98 Å². The lowest BCUT2D eigenvalue weighted by atomic mass is 10.1. The molecule has 0 radical (unpaired) electrons. The van der Waals surface area contributed by atoms with Gasteiger partial charge in [-0.3, -0.25) is 4.79 Å². The number of methoxy groups -OCH3 is 1. The minimum absolute atomic E-state index is 0.220. The molecule has 0 aliphatic rings. The lowest BCUT2D eigenvalue weighted by Crippen LogP contribution is -2.03. The largest absolute Gasteiger partial charge is 0.493 e. The first kappa shape index (κ1) is 17.0. The normalized spacial score (nSPS) is 11.0. The first-order chi connectivity index (χ1) is 12.1. The number of halogens is 1. The molecular formula is C20H16ClNO3. The number of para-hydroxylation sites is 1. The van der Waals surface area contributed by atoms with E-state index in [1.54, 1.807) is 12.1 Å². The van der Waals surface area contributed by atoms with Crippen LogP contribution in [-0.2, 0) is 4.79 Å². The number of esters is 1. The second kappa shape index (κ2) is 7.36. The molecule has 1 heterocycles. The Labute approximate surface area is 150 Å². The number of carbonyl (C=O) groups is 1. The van der Waals surface area contributed by atoms with Crippen LogP contribution < -0.4 is 9.47 Å². The molecule has 5 heteroatoms. The molecule has 0 unspecified atom stereocenters. The van der Waals surface area contributed by atoms with Crippen LogP contribution in [0.25, 0.3) is 23.1 Å². The summed E-state index contributed by atoms with van der Waals surface area (Å²) >= 11 is 6.21. The predicted molar refractivity (Wildman–Crippen MR) is 100.0 cm³/mol. The molecule has 25 heavy (non-hydrogen) atoms. The maximum absolute atomic E-state index is 11.2. The second-order valence-corrected chi connectivity index (χ2v) is 5.80. The van der Waals surface area contributed by atoms with Crippen LogP contribution in [0.15, 0.2) is 48.5 Å².